The number of hydrogen-bond acceptors (Lipinski definition) is 2. The van der Waals surface area contributed by atoms with Crippen molar-refractivity contribution < 1.29 is 4.79 Å². The zero-order valence-electron chi connectivity index (χ0n) is 10.7. The number of carbonyl (C=O) groups is 1. The molecule has 1 heterocycles. The van der Waals surface area contributed by atoms with Crippen molar-refractivity contribution in [3.05, 3.63) is 29.8 Å². The third kappa shape index (κ3) is 2.49. The first kappa shape index (κ1) is 12.3. The number of thioether (sulfide) groups is 1. The molecular weight excluding hydrogens is 240 g/mol. The van der Waals surface area contributed by atoms with Gasteiger partial charge in [-0.15, -0.1) is 11.8 Å². The summed E-state index contributed by atoms with van der Waals surface area (Å²) in [5.74, 6) is 2.65. The molecule has 0 aromatic heterocycles. The predicted octanol–water partition coefficient (Wildman–Crippen LogP) is 4.42. The van der Waals surface area contributed by atoms with Crippen molar-refractivity contribution in [3.8, 4) is 0 Å². The monoisotopic (exact) mass is 260 g/mol. The van der Waals surface area contributed by atoms with Crippen LogP contribution < -0.4 is 0 Å². The maximum atomic E-state index is 12.1. The van der Waals surface area contributed by atoms with Crippen LogP contribution in [0.25, 0.3) is 0 Å². The van der Waals surface area contributed by atoms with E-state index in [0.29, 0.717) is 17.6 Å². The predicted molar refractivity (Wildman–Crippen MR) is 76.1 cm³/mol. The number of carbonyl (C=O) groups excluding carboxylic acids is 1. The summed E-state index contributed by atoms with van der Waals surface area (Å²) in [7, 11) is 0. The Morgan fingerprint density at radius 1 is 1.11 bits per heavy atom. The number of ketones is 1. The van der Waals surface area contributed by atoms with Crippen LogP contribution in [0, 0.1) is 5.92 Å². The van der Waals surface area contributed by atoms with Crippen molar-refractivity contribution in [2.45, 2.75) is 49.3 Å². The van der Waals surface area contributed by atoms with Gasteiger partial charge in [-0.25, -0.2) is 0 Å². The summed E-state index contributed by atoms with van der Waals surface area (Å²) < 4.78 is 0. The van der Waals surface area contributed by atoms with Crippen LogP contribution in [0.1, 0.15) is 50.0 Å². The summed E-state index contributed by atoms with van der Waals surface area (Å²) >= 11 is 1.96. The molecule has 96 valence electrons. The summed E-state index contributed by atoms with van der Waals surface area (Å²) in [6.45, 7) is 0. The molecule has 0 amide bonds. The molecule has 3 rings (SSSR count). The summed E-state index contributed by atoms with van der Waals surface area (Å²) in [6.07, 6.45) is 6.65. The van der Waals surface area contributed by atoms with Gasteiger partial charge in [-0.2, -0.15) is 0 Å². The van der Waals surface area contributed by atoms with E-state index in [9.17, 15) is 4.79 Å². The van der Waals surface area contributed by atoms with Gasteiger partial charge in [0, 0.05) is 23.0 Å². The Morgan fingerprint density at radius 3 is 2.94 bits per heavy atom. The molecule has 0 bridgehead atoms. The molecule has 2 heteroatoms. The van der Waals surface area contributed by atoms with Gasteiger partial charge in [0.2, 0.25) is 0 Å². The van der Waals surface area contributed by atoms with Gasteiger partial charge in [-0.1, -0.05) is 31.0 Å². The van der Waals surface area contributed by atoms with Crippen LogP contribution in [-0.2, 0) is 4.79 Å². The summed E-state index contributed by atoms with van der Waals surface area (Å²) in [4.78, 5) is 13.5. The van der Waals surface area contributed by atoms with Crippen molar-refractivity contribution in [1.82, 2.24) is 0 Å². The van der Waals surface area contributed by atoms with Crippen molar-refractivity contribution in [3.63, 3.8) is 0 Å². The fourth-order valence-electron chi connectivity index (χ4n) is 3.25. The highest BCUT2D eigenvalue weighted by Crippen LogP contribution is 2.43. The van der Waals surface area contributed by atoms with Crippen molar-refractivity contribution >= 4 is 17.5 Å². The summed E-state index contributed by atoms with van der Waals surface area (Å²) in [6, 6.07) is 8.72. The van der Waals surface area contributed by atoms with E-state index in [0.717, 1.165) is 25.7 Å². The van der Waals surface area contributed by atoms with E-state index >= 15 is 0 Å². The topological polar surface area (TPSA) is 17.1 Å². The van der Waals surface area contributed by atoms with Crippen molar-refractivity contribution in [2.75, 3.05) is 5.75 Å². The third-order valence-corrected chi connectivity index (χ3v) is 5.55. The van der Waals surface area contributed by atoms with E-state index in [1.54, 1.807) is 0 Å². The first-order chi connectivity index (χ1) is 8.84. The maximum Gasteiger partial charge on any atom is 0.135 e. The molecule has 0 N–H and O–H groups in total. The molecule has 1 fully saturated rings. The lowest BCUT2D eigenvalue weighted by Crippen LogP contribution is -2.16. The van der Waals surface area contributed by atoms with E-state index < -0.39 is 0 Å². The molecule has 2 unspecified atom stereocenters. The zero-order valence-corrected chi connectivity index (χ0v) is 11.5. The molecule has 2 atom stereocenters. The third-order valence-electron chi connectivity index (χ3n) is 4.30. The first-order valence-corrected chi connectivity index (χ1v) is 8.07. The second-order valence-electron chi connectivity index (χ2n) is 5.54. The highest BCUT2D eigenvalue weighted by Gasteiger charge is 2.29. The lowest BCUT2D eigenvalue weighted by Gasteiger charge is -2.18. The molecule has 2 aliphatic rings. The highest BCUT2D eigenvalue weighted by molar-refractivity contribution is 7.99. The van der Waals surface area contributed by atoms with Crippen molar-refractivity contribution in [2.24, 2.45) is 5.92 Å². The van der Waals surface area contributed by atoms with Crippen molar-refractivity contribution in [1.29, 1.82) is 0 Å². The van der Waals surface area contributed by atoms with E-state index in [1.807, 2.05) is 11.8 Å². The SMILES string of the molecule is O=C1CCCCCC1CC1CSc2ccccc21. The van der Waals surface area contributed by atoms with E-state index in [-0.39, 0.29) is 0 Å². The van der Waals surface area contributed by atoms with Gasteiger partial charge in [-0.05, 0) is 36.8 Å². The maximum absolute atomic E-state index is 12.1. The fraction of sp³-hybridized carbons (Fsp3) is 0.562. The van der Waals surface area contributed by atoms with Gasteiger partial charge in [0.15, 0.2) is 0 Å². The Hall–Kier alpha value is -0.760. The number of Topliss-reactive ketones (excluding diaryl/α,β-unsaturated/α-hetero) is 1. The lowest BCUT2D eigenvalue weighted by atomic mass is 9.85. The van der Waals surface area contributed by atoms with E-state index in [2.05, 4.69) is 24.3 Å². The molecule has 1 aliphatic carbocycles. The number of fused-ring (bicyclic) bond motifs is 1. The summed E-state index contributed by atoms with van der Waals surface area (Å²) in [5.41, 5.74) is 1.49. The molecule has 1 aromatic carbocycles. The van der Waals surface area contributed by atoms with Crippen LogP contribution in [0.15, 0.2) is 29.2 Å². The van der Waals surface area contributed by atoms with E-state index in [1.165, 1.54) is 29.1 Å². The van der Waals surface area contributed by atoms with E-state index in [4.69, 9.17) is 0 Å². The lowest BCUT2D eigenvalue weighted by molar-refractivity contribution is -0.123. The average Bonchev–Trinajstić information content (AvgIpc) is 2.69. The molecule has 1 saturated carbocycles. The molecule has 0 radical (unpaired) electrons. The van der Waals surface area contributed by atoms with Gasteiger partial charge < -0.3 is 0 Å². The molecule has 0 spiro atoms. The smallest absolute Gasteiger partial charge is 0.135 e. The largest absolute Gasteiger partial charge is 0.299 e. The van der Waals surface area contributed by atoms with Gasteiger partial charge in [0.05, 0.1) is 0 Å². The number of benzene rings is 1. The zero-order chi connectivity index (χ0) is 12.4. The highest BCUT2D eigenvalue weighted by atomic mass is 32.2. The average molecular weight is 260 g/mol. The van der Waals surface area contributed by atoms with Crippen LogP contribution in [0.4, 0.5) is 0 Å². The van der Waals surface area contributed by atoms with Gasteiger partial charge in [0.1, 0.15) is 5.78 Å². The normalized spacial score (nSPS) is 27.9. The quantitative estimate of drug-likeness (QED) is 0.732. The first-order valence-electron chi connectivity index (χ1n) is 7.09. The van der Waals surface area contributed by atoms with Crippen LogP contribution >= 0.6 is 11.8 Å². The standard InChI is InChI=1S/C16H20OS/c17-15-8-3-1-2-6-12(15)10-13-11-18-16-9-5-4-7-14(13)16/h4-5,7,9,12-13H,1-3,6,8,10-11H2. The Morgan fingerprint density at radius 2 is 2.00 bits per heavy atom. The fourth-order valence-corrected chi connectivity index (χ4v) is 4.52. The minimum Gasteiger partial charge on any atom is -0.299 e. The van der Waals surface area contributed by atoms with Crippen LogP contribution in [0.3, 0.4) is 0 Å². The molecule has 0 saturated heterocycles. The number of rotatable bonds is 2. The van der Waals surface area contributed by atoms with Crippen LogP contribution in [0.5, 0.6) is 0 Å². The second-order valence-corrected chi connectivity index (χ2v) is 6.61. The Kier molecular flexibility index (Phi) is 3.74. The second kappa shape index (κ2) is 5.48. The number of hydrogen-bond donors (Lipinski definition) is 0. The minimum atomic E-state index is 0.337. The molecule has 18 heavy (non-hydrogen) atoms. The molecular formula is C16H20OS. The minimum absolute atomic E-state index is 0.337. The molecule has 1 nitrogen and oxygen atoms in total. The van der Waals surface area contributed by atoms with Gasteiger partial charge in [-0.3, -0.25) is 4.79 Å². The summed E-state index contributed by atoms with van der Waals surface area (Å²) in [5, 5.41) is 0. The van der Waals surface area contributed by atoms with Gasteiger partial charge in [0.25, 0.3) is 0 Å². The van der Waals surface area contributed by atoms with Crippen LogP contribution in [-0.4, -0.2) is 11.5 Å². The van der Waals surface area contributed by atoms with Gasteiger partial charge >= 0.3 is 0 Å². The molecule has 1 aliphatic heterocycles. The Balaban J connectivity index is 1.72. The molecule has 1 aromatic rings. The Bertz CT molecular complexity index is 440. The van der Waals surface area contributed by atoms with Crippen LogP contribution in [0.2, 0.25) is 0 Å². The Labute approximate surface area is 113 Å².